The lowest BCUT2D eigenvalue weighted by atomic mass is 9.84. The zero-order chi connectivity index (χ0) is 13.6. The van der Waals surface area contributed by atoms with Crippen LogP contribution in [0.4, 0.5) is 0 Å². The summed E-state index contributed by atoms with van der Waals surface area (Å²) in [6.07, 6.45) is 1.17. The van der Waals surface area contributed by atoms with Crippen LogP contribution in [-0.2, 0) is 9.59 Å². The number of carboxylic acids is 1. The van der Waals surface area contributed by atoms with Crippen LogP contribution in [0.25, 0.3) is 0 Å². The first-order valence-electron chi connectivity index (χ1n) is 5.78. The van der Waals surface area contributed by atoms with Gasteiger partial charge in [0.05, 0.1) is 6.61 Å². The Kier molecular flexibility index (Phi) is 6.16. The fourth-order valence-electron chi connectivity index (χ4n) is 1.87. The molecule has 0 rings (SSSR count). The number of nitrogens with one attached hydrogen (secondary N) is 1. The summed E-state index contributed by atoms with van der Waals surface area (Å²) < 4.78 is 0. The van der Waals surface area contributed by atoms with E-state index in [2.05, 4.69) is 26.1 Å². The minimum atomic E-state index is -1.22. The zero-order valence-corrected chi connectivity index (χ0v) is 11.0. The van der Waals surface area contributed by atoms with Crippen molar-refractivity contribution in [2.75, 3.05) is 6.61 Å². The fraction of sp³-hybridized carbons (Fsp3) is 0.833. The first-order chi connectivity index (χ1) is 7.65. The lowest BCUT2D eigenvalue weighted by molar-refractivity contribution is -0.143. The van der Waals surface area contributed by atoms with E-state index in [4.69, 9.17) is 10.2 Å². The smallest absolute Gasteiger partial charge is 0.328 e. The molecule has 3 N–H and O–H groups in total. The normalized spacial score (nSPS) is 15.1. The summed E-state index contributed by atoms with van der Waals surface area (Å²) >= 11 is 0. The van der Waals surface area contributed by atoms with E-state index < -0.39 is 18.6 Å². The van der Waals surface area contributed by atoms with E-state index in [-0.39, 0.29) is 23.7 Å². The number of carbonyl (C=O) groups excluding carboxylic acids is 1. The van der Waals surface area contributed by atoms with Crippen LogP contribution in [0.1, 0.15) is 40.5 Å². The summed E-state index contributed by atoms with van der Waals surface area (Å²) in [6, 6.07) is -1.20. The Morgan fingerprint density at radius 1 is 1.29 bits per heavy atom. The molecule has 0 saturated heterocycles. The van der Waals surface area contributed by atoms with Gasteiger partial charge in [-0.1, -0.05) is 27.7 Å². The van der Waals surface area contributed by atoms with Crippen LogP contribution in [0.15, 0.2) is 0 Å². The summed E-state index contributed by atoms with van der Waals surface area (Å²) in [5, 5.41) is 19.7. The van der Waals surface area contributed by atoms with Gasteiger partial charge in [-0.25, -0.2) is 4.79 Å². The molecule has 0 aromatic carbocycles. The number of hydrogen-bond acceptors (Lipinski definition) is 3. The Hall–Kier alpha value is -1.10. The van der Waals surface area contributed by atoms with Crippen molar-refractivity contribution in [3.8, 4) is 0 Å². The SMILES string of the molecule is CC(CC(=O)N[C@H](CO)C(=O)O)CC(C)(C)C. The molecule has 5 nitrogen and oxygen atoms in total. The molecule has 17 heavy (non-hydrogen) atoms. The molecule has 0 aliphatic carbocycles. The van der Waals surface area contributed by atoms with Crippen molar-refractivity contribution >= 4 is 11.9 Å². The predicted molar refractivity (Wildman–Crippen MR) is 64.5 cm³/mol. The van der Waals surface area contributed by atoms with Crippen molar-refractivity contribution < 1.29 is 19.8 Å². The number of aliphatic hydroxyl groups is 1. The Morgan fingerprint density at radius 2 is 1.82 bits per heavy atom. The van der Waals surface area contributed by atoms with Gasteiger partial charge in [0.25, 0.3) is 0 Å². The first-order valence-corrected chi connectivity index (χ1v) is 5.78. The molecule has 0 saturated carbocycles. The maximum atomic E-state index is 11.5. The molecule has 0 aliphatic rings. The molecule has 0 spiro atoms. The van der Waals surface area contributed by atoms with Gasteiger partial charge in [0.2, 0.25) is 5.91 Å². The third-order valence-corrected chi connectivity index (χ3v) is 2.31. The van der Waals surface area contributed by atoms with Gasteiger partial charge < -0.3 is 15.5 Å². The second kappa shape index (κ2) is 6.59. The van der Waals surface area contributed by atoms with Crippen molar-refractivity contribution in [3.05, 3.63) is 0 Å². The van der Waals surface area contributed by atoms with Crippen molar-refractivity contribution in [1.29, 1.82) is 0 Å². The Balaban J connectivity index is 4.13. The molecule has 0 aliphatic heterocycles. The highest BCUT2D eigenvalue weighted by molar-refractivity contribution is 5.83. The van der Waals surface area contributed by atoms with E-state index in [1.54, 1.807) is 0 Å². The molecule has 5 heteroatoms. The molecule has 0 radical (unpaired) electrons. The average molecular weight is 245 g/mol. The summed E-state index contributed by atoms with van der Waals surface area (Å²) in [6.45, 7) is 7.65. The van der Waals surface area contributed by atoms with Crippen molar-refractivity contribution in [2.24, 2.45) is 11.3 Å². The quantitative estimate of drug-likeness (QED) is 0.652. The third kappa shape index (κ3) is 7.74. The van der Waals surface area contributed by atoms with Crippen molar-refractivity contribution in [3.63, 3.8) is 0 Å². The fourth-order valence-corrected chi connectivity index (χ4v) is 1.87. The molecule has 0 aromatic rings. The number of rotatable bonds is 6. The average Bonchev–Trinajstić information content (AvgIpc) is 2.09. The highest BCUT2D eigenvalue weighted by Gasteiger charge is 2.21. The van der Waals surface area contributed by atoms with Crippen LogP contribution >= 0.6 is 0 Å². The maximum absolute atomic E-state index is 11.5. The van der Waals surface area contributed by atoms with Gasteiger partial charge in [0.1, 0.15) is 6.04 Å². The first kappa shape index (κ1) is 15.9. The summed E-state index contributed by atoms with van der Waals surface area (Å²) in [5.74, 6) is -1.37. The largest absolute Gasteiger partial charge is 0.480 e. The van der Waals surface area contributed by atoms with E-state index >= 15 is 0 Å². The molecule has 1 unspecified atom stereocenters. The second-order valence-electron chi connectivity index (χ2n) is 5.71. The van der Waals surface area contributed by atoms with Crippen LogP contribution in [0.5, 0.6) is 0 Å². The number of carbonyl (C=O) groups is 2. The van der Waals surface area contributed by atoms with E-state index in [1.165, 1.54) is 0 Å². The molecule has 0 heterocycles. The van der Waals surface area contributed by atoms with Gasteiger partial charge in [-0.05, 0) is 17.8 Å². The number of aliphatic hydroxyl groups excluding tert-OH is 1. The second-order valence-corrected chi connectivity index (χ2v) is 5.71. The number of hydrogen-bond donors (Lipinski definition) is 3. The highest BCUT2D eigenvalue weighted by Crippen LogP contribution is 2.25. The number of carboxylic acid groups (broad SMARTS) is 1. The Morgan fingerprint density at radius 3 is 2.18 bits per heavy atom. The van der Waals surface area contributed by atoms with Gasteiger partial charge in [-0.2, -0.15) is 0 Å². The molecule has 100 valence electrons. The lowest BCUT2D eigenvalue weighted by Gasteiger charge is -2.23. The predicted octanol–water partition coefficient (Wildman–Crippen LogP) is 1.01. The van der Waals surface area contributed by atoms with Gasteiger partial charge in [0, 0.05) is 6.42 Å². The summed E-state index contributed by atoms with van der Waals surface area (Å²) in [7, 11) is 0. The monoisotopic (exact) mass is 245 g/mol. The van der Waals surface area contributed by atoms with Crippen molar-refractivity contribution in [1.82, 2.24) is 5.32 Å². The topological polar surface area (TPSA) is 86.6 Å². The molecule has 0 fully saturated rings. The van der Waals surface area contributed by atoms with Crippen LogP contribution in [0.3, 0.4) is 0 Å². The maximum Gasteiger partial charge on any atom is 0.328 e. The minimum absolute atomic E-state index is 0.142. The van der Waals surface area contributed by atoms with E-state index in [1.807, 2.05) is 6.92 Å². The Bertz CT molecular complexity index is 270. The number of amides is 1. The van der Waals surface area contributed by atoms with Gasteiger partial charge in [-0.3, -0.25) is 4.79 Å². The van der Waals surface area contributed by atoms with Gasteiger partial charge in [0.15, 0.2) is 0 Å². The van der Waals surface area contributed by atoms with E-state index in [0.29, 0.717) is 0 Å². The summed E-state index contributed by atoms with van der Waals surface area (Å²) in [4.78, 5) is 22.1. The molecule has 0 aromatic heterocycles. The summed E-state index contributed by atoms with van der Waals surface area (Å²) in [5.41, 5.74) is 0.142. The van der Waals surface area contributed by atoms with Crippen LogP contribution in [-0.4, -0.2) is 34.7 Å². The minimum Gasteiger partial charge on any atom is -0.480 e. The van der Waals surface area contributed by atoms with Gasteiger partial charge in [-0.15, -0.1) is 0 Å². The van der Waals surface area contributed by atoms with E-state index in [9.17, 15) is 9.59 Å². The lowest BCUT2D eigenvalue weighted by Crippen LogP contribution is -2.43. The molecular weight excluding hydrogens is 222 g/mol. The van der Waals surface area contributed by atoms with Crippen molar-refractivity contribution in [2.45, 2.75) is 46.6 Å². The van der Waals surface area contributed by atoms with Gasteiger partial charge >= 0.3 is 5.97 Å². The van der Waals surface area contributed by atoms with E-state index in [0.717, 1.165) is 6.42 Å². The molecule has 2 atom stereocenters. The Labute approximate surface area is 102 Å². The van der Waals surface area contributed by atoms with Crippen LogP contribution in [0.2, 0.25) is 0 Å². The van der Waals surface area contributed by atoms with Crippen LogP contribution in [0, 0.1) is 11.3 Å². The zero-order valence-electron chi connectivity index (χ0n) is 11.0. The number of aliphatic carboxylic acids is 1. The third-order valence-electron chi connectivity index (χ3n) is 2.31. The molecule has 0 bridgehead atoms. The molecule has 1 amide bonds. The molecular formula is C12H23NO4. The van der Waals surface area contributed by atoms with Crippen LogP contribution < -0.4 is 5.32 Å². The highest BCUT2D eigenvalue weighted by atomic mass is 16.4. The standard InChI is InChI=1S/C12H23NO4/c1-8(6-12(2,3)4)5-10(15)13-9(7-14)11(16)17/h8-9,14H,5-7H2,1-4H3,(H,13,15)(H,16,17)/t8?,9-/m1/s1.